The normalized spacial score (nSPS) is 18.3. The number of ether oxygens (including phenoxy) is 1. The van der Waals surface area contributed by atoms with E-state index in [1.165, 1.54) is 5.56 Å². The standard InChI is InChI=1S/C16H24N2O2.ClH/c1-12(2)14-5-4-6-15(9-14)20-11-16(19)18-8-7-17-10-13(18)3;/h4-6,9,12-13,17H,7-8,10-11H2,1-3H3;1H. The van der Waals surface area contributed by atoms with Crippen LogP contribution >= 0.6 is 12.4 Å². The van der Waals surface area contributed by atoms with Crippen molar-refractivity contribution < 1.29 is 9.53 Å². The number of piperazine rings is 1. The summed E-state index contributed by atoms with van der Waals surface area (Å²) in [5, 5.41) is 3.28. The molecule has 118 valence electrons. The van der Waals surface area contributed by atoms with Crippen LogP contribution in [0.3, 0.4) is 0 Å². The molecule has 0 bridgehead atoms. The van der Waals surface area contributed by atoms with Gasteiger partial charge in [-0.2, -0.15) is 0 Å². The minimum Gasteiger partial charge on any atom is -0.484 e. The van der Waals surface area contributed by atoms with E-state index < -0.39 is 0 Å². The Bertz CT molecular complexity index is 465. The zero-order valence-electron chi connectivity index (χ0n) is 13.0. The fourth-order valence-corrected chi connectivity index (χ4v) is 2.40. The molecule has 0 saturated carbocycles. The van der Waals surface area contributed by atoms with E-state index in [2.05, 4.69) is 32.2 Å². The Hall–Kier alpha value is -1.26. The maximum atomic E-state index is 12.2. The van der Waals surface area contributed by atoms with Crippen molar-refractivity contribution in [1.29, 1.82) is 0 Å². The van der Waals surface area contributed by atoms with Crippen LogP contribution in [0.2, 0.25) is 0 Å². The topological polar surface area (TPSA) is 41.6 Å². The van der Waals surface area contributed by atoms with Gasteiger partial charge in [-0.1, -0.05) is 26.0 Å². The van der Waals surface area contributed by atoms with Crippen LogP contribution in [0.1, 0.15) is 32.3 Å². The Kier molecular flexibility index (Phi) is 6.99. The van der Waals surface area contributed by atoms with E-state index in [1.807, 2.05) is 23.1 Å². The Morgan fingerprint density at radius 1 is 1.48 bits per heavy atom. The van der Waals surface area contributed by atoms with E-state index in [-0.39, 0.29) is 31.0 Å². The fourth-order valence-electron chi connectivity index (χ4n) is 2.40. The molecule has 0 aliphatic carbocycles. The van der Waals surface area contributed by atoms with Crippen molar-refractivity contribution in [1.82, 2.24) is 10.2 Å². The number of hydrogen-bond acceptors (Lipinski definition) is 3. The molecule has 1 aliphatic rings. The summed E-state index contributed by atoms with van der Waals surface area (Å²) in [5.41, 5.74) is 1.23. The summed E-state index contributed by atoms with van der Waals surface area (Å²) in [5.74, 6) is 1.30. The Morgan fingerprint density at radius 3 is 2.90 bits per heavy atom. The van der Waals surface area contributed by atoms with Crippen molar-refractivity contribution >= 4 is 18.3 Å². The lowest BCUT2D eigenvalue weighted by atomic mass is 10.0. The van der Waals surface area contributed by atoms with Crippen molar-refractivity contribution in [3.63, 3.8) is 0 Å². The first-order chi connectivity index (χ1) is 9.58. The third-order valence-electron chi connectivity index (χ3n) is 3.71. The van der Waals surface area contributed by atoms with Crippen LogP contribution in [0.25, 0.3) is 0 Å². The van der Waals surface area contributed by atoms with Crippen molar-refractivity contribution in [3.8, 4) is 5.75 Å². The number of amides is 1. The maximum absolute atomic E-state index is 12.2. The van der Waals surface area contributed by atoms with Crippen molar-refractivity contribution in [2.24, 2.45) is 0 Å². The molecule has 4 nitrogen and oxygen atoms in total. The number of carbonyl (C=O) groups is 1. The number of nitrogens with one attached hydrogen (secondary N) is 1. The van der Waals surface area contributed by atoms with Gasteiger partial charge in [-0.05, 0) is 30.5 Å². The number of benzene rings is 1. The summed E-state index contributed by atoms with van der Waals surface area (Å²) in [6, 6.07) is 8.21. The molecule has 1 aromatic carbocycles. The molecule has 0 aromatic heterocycles. The monoisotopic (exact) mass is 312 g/mol. The molecule has 0 radical (unpaired) electrons. The van der Waals surface area contributed by atoms with Gasteiger partial charge in [-0.25, -0.2) is 0 Å². The van der Waals surface area contributed by atoms with Gasteiger partial charge in [0, 0.05) is 25.7 Å². The maximum Gasteiger partial charge on any atom is 0.260 e. The molecule has 1 atom stereocenters. The van der Waals surface area contributed by atoms with Crippen LogP contribution in [-0.4, -0.2) is 43.1 Å². The molecular formula is C16H25ClN2O2. The molecule has 1 aliphatic heterocycles. The van der Waals surface area contributed by atoms with Gasteiger partial charge in [-0.3, -0.25) is 4.79 Å². The summed E-state index contributed by atoms with van der Waals surface area (Å²) < 4.78 is 5.65. The number of nitrogens with zero attached hydrogens (tertiary/aromatic N) is 1. The minimum absolute atomic E-state index is 0. The lowest BCUT2D eigenvalue weighted by molar-refractivity contribution is -0.136. The zero-order chi connectivity index (χ0) is 14.5. The van der Waals surface area contributed by atoms with Gasteiger partial charge in [-0.15, -0.1) is 12.4 Å². The third-order valence-corrected chi connectivity index (χ3v) is 3.71. The molecule has 1 fully saturated rings. The Balaban J connectivity index is 0.00000220. The predicted molar refractivity (Wildman–Crippen MR) is 87.3 cm³/mol. The predicted octanol–water partition coefficient (Wildman–Crippen LogP) is 2.43. The number of rotatable bonds is 4. The smallest absolute Gasteiger partial charge is 0.260 e. The van der Waals surface area contributed by atoms with Crippen LogP contribution in [0.15, 0.2) is 24.3 Å². The van der Waals surface area contributed by atoms with Crippen LogP contribution < -0.4 is 10.1 Å². The molecular weight excluding hydrogens is 288 g/mol. The van der Waals surface area contributed by atoms with Crippen molar-refractivity contribution in [3.05, 3.63) is 29.8 Å². The van der Waals surface area contributed by atoms with Gasteiger partial charge in [0.25, 0.3) is 5.91 Å². The van der Waals surface area contributed by atoms with Gasteiger partial charge >= 0.3 is 0 Å². The number of halogens is 1. The number of carbonyl (C=O) groups excluding carboxylic acids is 1. The lowest BCUT2D eigenvalue weighted by Crippen LogP contribution is -2.53. The SMILES string of the molecule is CC(C)c1cccc(OCC(=O)N2CCNCC2C)c1.Cl. The molecule has 5 heteroatoms. The molecule has 1 heterocycles. The lowest BCUT2D eigenvalue weighted by Gasteiger charge is -2.33. The molecule has 1 N–H and O–H groups in total. The van der Waals surface area contributed by atoms with Crippen molar-refractivity contribution in [2.45, 2.75) is 32.7 Å². The van der Waals surface area contributed by atoms with Crippen LogP contribution in [0.5, 0.6) is 5.75 Å². The molecule has 0 spiro atoms. The summed E-state index contributed by atoms with van der Waals surface area (Å²) >= 11 is 0. The average molecular weight is 313 g/mol. The van der Waals surface area contributed by atoms with Gasteiger partial charge < -0.3 is 15.0 Å². The highest BCUT2D eigenvalue weighted by Gasteiger charge is 2.23. The fraction of sp³-hybridized carbons (Fsp3) is 0.562. The third kappa shape index (κ3) is 4.90. The zero-order valence-corrected chi connectivity index (χ0v) is 13.8. The largest absolute Gasteiger partial charge is 0.484 e. The summed E-state index contributed by atoms with van der Waals surface area (Å²) in [7, 11) is 0. The number of hydrogen-bond donors (Lipinski definition) is 1. The Labute approximate surface area is 133 Å². The summed E-state index contributed by atoms with van der Waals surface area (Å²) in [4.78, 5) is 14.1. The second kappa shape index (κ2) is 8.25. The van der Waals surface area contributed by atoms with Gasteiger partial charge in [0.05, 0.1) is 0 Å². The van der Waals surface area contributed by atoms with Gasteiger partial charge in [0.1, 0.15) is 5.75 Å². The van der Waals surface area contributed by atoms with Gasteiger partial charge in [0.15, 0.2) is 6.61 Å². The van der Waals surface area contributed by atoms with Crippen molar-refractivity contribution in [2.75, 3.05) is 26.2 Å². The first-order valence-corrected chi connectivity index (χ1v) is 7.31. The van der Waals surface area contributed by atoms with Crippen LogP contribution in [0, 0.1) is 0 Å². The van der Waals surface area contributed by atoms with Gasteiger partial charge in [0.2, 0.25) is 0 Å². The molecule has 21 heavy (non-hydrogen) atoms. The van der Waals surface area contributed by atoms with E-state index >= 15 is 0 Å². The van der Waals surface area contributed by atoms with E-state index in [4.69, 9.17) is 4.74 Å². The highest BCUT2D eigenvalue weighted by molar-refractivity contribution is 5.85. The Morgan fingerprint density at radius 2 is 2.24 bits per heavy atom. The minimum atomic E-state index is 0. The van der Waals surface area contributed by atoms with Crippen LogP contribution in [0.4, 0.5) is 0 Å². The van der Waals surface area contributed by atoms with E-state index in [0.29, 0.717) is 5.92 Å². The quantitative estimate of drug-likeness (QED) is 0.928. The highest BCUT2D eigenvalue weighted by Crippen LogP contribution is 2.20. The second-order valence-electron chi connectivity index (χ2n) is 5.66. The molecule has 2 rings (SSSR count). The first-order valence-electron chi connectivity index (χ1n) is 7.31. The molecule has 1 aromatic rings. The first kappa shape index (κ1) is 17.8. The van der Waals surface area contributed by atoms with E-state index in [9.17, 15) is 4.79 Å². The van der Waals surface area contributed by atoms with E-state index in [1.54, 1.807) is 0 Å². The average Bonchev–Trinajstić information content (AvgIpc) is 2.45. The molecule has 1 amide bonds. The van der Waals surface area contributed by atoms with Crippen LogP contribution in [-0.2, 0) is 4.79 Å². The highest BCUT2D eigenvalue weighted by atomic mass is 35.5. The summed E-state index contributed by atoms with van der Waals surface area (Å²) in [6.07, 6.45) is 0. The second-order valence-corrected chi connectivity index (χ2v) is 5.66. The molecule has 1 unspecified atom stereocenters. The van der Waals surface area contributed by atoms with E-state index in [0.717, 1.165) is 25.4 Å². The summed E-state index contributed by atoms with van der Waals surface area (Å²) in [6.45, 7) is 8.94. The molecule has 1 saturated heterocycles.